The molecule has 1 aromatic rings. The molecule has 0 saturated carbocycles. The Bertz CT molecular complexity index is 320. The standard InChI is InChI=1S/C8H7FO.C2H7NO/c1-10-8-6-2-5(3-6)4-7(8)9;1-3(2)4/h2,4H,3H2,1H3;4H,1-2H3. The fraction of sp³-hybridized carbons (Fsp3) is 0.400. The maximum absolute atomic E-state index is 12.8. The van der Waals surface area contributed by atoms with Crippen LogP contribution in [-0.4, -0.2) is 31.5 Å². The van der Waals surface area contributed by atoms with Gasteiger partial charge in [-0.1, -0.05) is 6.07 Å². The van der Waals surface area contributed by atoms with Crippen molar-refractivity contribution < 1.29 is 14.3 Å². The molecule has 0 radical (unpaired) electrons. The summed E-state index contributed by atoms with van der Waals surface area (Å²) in [6.45, 7) is 0. The van der Waals surface area contributed by atoms with Crippen molar-refractivity contribution in [3.8, 4) is 5.75 Å². The summed E-state index contributed by atoms with van der Waals surface area (Å²) in [6.07, 6.45) is 0.872. The molecule has 0 aromatic heterocycles. The van der Waals surface area contributed by atoms with Crippen LogP contribution in [0.1, 0.15) is 11.1 Å². The second-order valence-electron chi connectivity index (χ2n) is 3.29. The summed E-state index contributed by atoms with van der Waals surface area (Å²) in [5, 5.41) is 8.89. The Kier molecular flexibility index (Phi) is 3.43. The molecule has 0 heterocycles. The minimum atomic E-state index is -0.235. The Balaban J connectivity index is 0.000000213. The predicted octanol–water partition coefficient (Wildman–Crippen LogP) is 1.68. The molecule has 2 aliphatic rings. The van der Waals surface area contributed by atoms with E-state index in [0.29, 0.717) is 5.75 Å². The van der Waals surface area contributed by atoms with E-state index in [2.05, 4.69) is 0 Å². The maximum Gasteiger partial charge on any atom is 0.165 e. The van der Waals surface area contributed by atoms with Crippen molar-refractivity contribution in [3.63, 3.8) is 0 Å². The van der Waals surface area contributed by atoms with Crippen molar-refractivity contribution in [2.75, 3.05) is 21.2 Å². The molecule has 0 amide bonds. The summed E-state index contributed by atoms with van der Waals surface area (Å²) < 4.78 is 17.6. The van der Waals surface area contributed by atoms with Crippen molar-refractivity contribution in [1.82, 2.24) is 5.06 Å². The zero-order valence-corrected chi connectivity index (χ0v) is 8.54. The molecule has 1 aromatic carbocycles. The molecule has 4 heteroatoms. The van der Waals surface area contributed by atoms with Gasteiger partial charge >= 0.3 is 0 Å². The van der Waals surface area contributed by atoms with Crippen LogP contribution in [0.15, 0.2) is 12.1 Å². The van der Waals surface area contributed by atoms with E-state index >= 15 is 0 Å². The van der Waals surface area contributed by atoms with Gasteiger partial charge in [0.15, 0.2) is 11.6 Å². The van der Waals surface area contributed by atoms with Gasteiger partial charge in [0.25, 0.3) is 0 Å². The first kappa shape index (κ1) is 10.9. The van der Waals surface area contributed by atoms with Crippen LogP contribution in [0.5, 0.6) is 5.75 Å². The van der Waals surface area contributed by atoms with E-state index in [4.69, 9.17) is 9.94 Å². The molecule has 0 aliphatic heterocycles. The number of rotatable bonds is 1. The van der Waals surface area contributed by atoms with E-state index in [0.717, 1.165) is 22.6 Å². The van der Waals surface area contributed by atoms with Crippen molar-refractivity contribution >= 4 is 0 Å². The van der Waals surface area contributed by atoms with Gasteiger partial charge in [0.05, 0.1) is 7.11 Å². The van der Waals surface area contributed by atoms with Crippen LogP contribution < -0.4 is 4.74 Å². The van der Waals surface area contributed by atoms with E-state index in [-0.39, 0.29) is 5.82 Å². The van der Waals surface area contributed by atoms with Crippen LogP contribution in [0, 0.1) is 5.82 Å². The zero-order chi connectivity index (χ0) is 10.7. The Labute approximate surface area is 82.7 Å². The average molecular weight is 199 g/mol. The number of nitrogens with zero attached hydrogens (tertiary/aromatic N) is 1. The van der Waals surface area contributed by atoms with Gasteiger partial charge < -0.3 is 9.94 Å². The van der Waals surface area contributed by atoms with Crippen LogP contribution in [0.2, 0.25) is 0 Å². The molecular formula is C10H14FNO2. The van der Waals surface area contributed by atoms with Gasteiger partial charge in [0, 0.05) is 26.1 Å². The van der Waals surface area contributed by atoms with Crippen molar-refractivity contribution in [2.45, 2.75) is 6.42 Å². The number of halogens is 1. The van der Waals surface area contributed by atoms with Gasteiger partial charge in [-0.15, -0.1) is 0 Å². The smallest absolute Gasteiger partial charge is 0.165 e. The van der Waals surface area contributed by atoms with Crippen LogP contribution in [0.4, 0.5) is 4.39 Å². The topological polar surface area (TPSA) is 32.7 Å². The van der Waals surface area contributed by atoms with Crippen molar-refractivity contribution in [1.29, 1.82) is 0 Å². The molecule has 2 aliphatic carbocycles. The number of methoxy groups -OCH3 is 1. The molecule has 0 fully saturated rings. The highest BCUT2D eigenvalue weighted by Gasteiger charge is 2.18. The molecule has 1 N–H and O–H groups in total. The third kappa shape index (κ3) is 2.43. The highest BCUT2D eigenvalue weighted by molar-refractivity contribution is 5.49. The number of ether oxygens (including phenoxy) is 1. The quantitative estimate of drug-likeness (QED) is 0.709. The second kappa shape index (κ2) is 4.39. The lowest BCUT2D eigenvalue weighted by Gasteiger charge is -2.18. The van der Waals surface area contributed by atoms with Crippen LogP contribution in [0.3, 0.4) is 0 Å². The monoisotopic (exact) mass is 199 g/mol. The van der Waals surface area contributed by atoms with E-state index < -0.39 is 0 Å². The van der Waals surface area contributed by atoms with E-state index in [1.54, 1.807) is 14.1 Å². The lowest BCUT2D eigenvalue weighted by Crippen LogP contribution is -2.06. The van der Waals surface area contributed by atoms with Gasteiger partial charge in [-0.3, -0.25) is 0 Å². The number of hydrogen-bond acceptors (Lipinski definition) is 3. The number of hydrogen-bond donors (Lipinski definition) is 1. The predicted molar refractivity (Wildman–Crippen MR) is 51.2 cm³/mol. The molecular weight excluding hydrogens is 185 g/mol. The summed E-state index contributed by atoms with van der Waals surface area (Å²) in [7, 11) is 4.60. The number of benzene rings is 1. The largest absolute Gasteiger partial charge is 0.493 e. The first-order valence-electron chi connectivity index (χ1n) is 4.26. The van der Waals surface area contributed by atoms with E-state index in [1.165, 1.54) is 13.2 Å². The molecule has 78 valence electrons. The Hall–Kier alpha value is -1.13. The molecule has 2 bridgehead atoms. The molecule has 3 nitrogen and oxygen atoms in total. The van der Waals surface area contributed by atoms with E-state index in [1.807, 2.05) is 6.07 Å². The lowest BCUT2D eigenvalue weighted by molar-refractivity contribution is -0.0372. The summed E-state index contributed by atoms with van der Waals surface area (Å²) in [4.78, 5) is 0. The number of hydroxylamine groups is 2. The third-order valence-electron chi connectivity index (χ3n) is 1.78. The molecule has 0 saturated heterocycles. The molecule has 3 rings (SSSR count). The molecule has 14 heavy (non-hydrogen) atoms. The zero-order valence-electron chi connectivity index (χ0n) is 8.54. The van der Waals surface area contributed by atoms with E-state index in [9.17, 15) is 4.39 Å². The maximum atomic E-state index is 12.8. The Morgan fingerprint density at radius 3 is 2.21 bits per heavy atom. The summed E-state index contributed by atoms with van der Waals surface area (Å²) in [5.74, 6) is 0.177. The van der Waals surface area contributed by atoms with Gasteiger partial charge in [-0.2, -0.15) is 5.06 Å². The second-order valence-corrected chi connectivity index (χ2v) is 3.29. The van der Waals surface area contributed by atoms with Gasteiger partial charge in [-0.05, 0) is 11.6 Å². The Morgan fingerprint density at radius 2 is 1.93 bits per heavy atom. The third-order valence-corrected chi connectivity index (χ3v) is 1.78. The van der Waals surface area contributed by atoms with Crippen LogP contribution in [0.25, 0.3) is 0 Å². The first-order valence-corrected chi connectivity index (χ1v) is 4.26. The molecule has 0 unspecified atom stereocenters. The van der Waals surface area contributed by atoms with Gasteiger partial charge in [0.2, 0.25) is 0 Å². The minimum Gasteiger partial charge on any atom is -0.493 e. The normalized spacial score (nSPS) is 11.6. The van der Waals surface area contributed by atoms with Gasteiger partial charge in [0.1, 0.15) is 0 Å². The SMILES string of the molecule is CN(C)O.COc1c(F)cc2cc1C2. The minimum absolute atomic E-state index is 0.235. The first-order chi connectivity index (χ1) is 6.54. The summed E-state index contributed by atoms with van der Waals surface area (Å²) >= 11 is 0. The fourth-order valence-corrected chi connectivity index (χ4v) is 1.26. The fourth-order valence-electron chi connectivity index (χ4n) is 1.26. The Morgan fingerprint density at radius 1 is 1.43 bits per heavy atom. The van der Waals surface area contributed by atoms with Crippen molar-refractivity contribution in [2.24, 2.45) is 0 Å². The van der Waals surface area contributed by atoms with Crippen molar-refractivity contribution in [3.05, 3.63) is 29.1 Å². The molecule has 0 spiro atoms. The molecule has 0 atom stereocenters. The van der Waals surface area contributed by atoms with Crippen LogP contribution in [-0.2, 0) is 6.42 Å². The van der Waals surface area contributed by atoms with Crippen LogP contribution >= 0.6 is 0 Å². The highest BCUT2D eigenvalue weighted by Crippen LogP contribution is 2.33. The average Bonchev–Trinajstić information content (AvgIpc) is 2.00. The highest BCUT2D eigenvalue weighted by atomic mass is 19.1. The lowest BCUT2D eigenvalue weighted by atomic mass is 9.92. The summed E-state index contributed by atoms with van der Waals surface area (Å²) in [5.41, 5.74) is 2.05. The number of fused-ring (bicyclic) bond motifs is 2. The summed E-state index contributed by atoms with van der Waals surface area (Å²) in [6, 6.07) is 3.47. The van der Waals surface area contributed by atoms with Gasteiger partial charge in [-0.25, -0.2) is 4.39 Å².